The molecule has 0 aliphatic rings. The molecule has 4 aromatic rings. The molecule has 0 aliphatic carbocycles. The molecule has 1 atom stereocenters. The van der Waals surface area contributed by atoms with E-state index in [1.165, 1.54) is 5.56 Å². The minimum absolute atomic E-state index is 0.0162. The van der Waals surface area contributed by atoms with Gasteiger partial charge in [-0.3, -0.25) is 4.40 Å². The zero-order valence-corrected chi connectivity index (χ0v) is 14.2. The normalized spacial score (nSPS) is 12.6. The van der Waals surface area contributed by atoms with E-state index in [4.69, 9.17) is 4.42 Å². The van der Waals surface area contributed by atoms with Crippen LogP contribution in [0.25, 0.3) is 17.0 Å². The average Bonchev–Trinajstić information content (AvgIpc) is 3.23. The van der Waals surface area contributed by atoms with Crippen molar-refractivity contribution < 1.29 is 4.42 Å². The number of aromatic nitrogens is 4. The SMILES string of the molecule is Cc1ccc(-c2nnc(C(C)Sc3ncc4ccccn34)o2)cc1. The lowest BCUT2D eigenvalue weighted by Gasteiger charge is -2.05. The van der Waals surface area contributed by atoms with Crippen molar-refractivity contribution in [3.05, 3.63) is 66.3 Å². The molecule has 3 aromatic heterocycles. The van der Waals surface area contributed by atoms with E-state index in [9.17, 15) is 0 Å². The lowest BCUT2D eigenvalue weighted by atomic mass is 10.1. The van der Waals surface area contributed by atoms with Crippen molar-refractivity contribution in [2.45, 2.75) is 24.3 Å². The van der Waals surface area contributed by atoms with Gasteiger partial charge in [-0.2, -0.15) is 0 Å². The van der Waals surface area contributed by atoms with Crippen LogP contribution in [0.15, 0.2) is 64.4 Å². The van der Waals surface area contributed by atoms with Gasteiger partial charge in [-0.15, -0.1) is 10.2 Å². The highest BCUT2D eigenvalue weighted by atomic mass is 32.2. The molecule has 3 heterocycles. The van der Waals surface area contributed by atoms with Crippen LogP contribution in [-0.4, -0.2) is 19.6 Å². The molecule has 0 aliphatic heterocycles. The summed E-state index contributed by atoms with van der Waals surface area (Å²) in [5, 5.41) is 9.30. The quantitative estimate of drug-likeness (QED) is 0.512. The number of nitrogens with zero attached hydrogens (tertiary/aromatic N) is 4. The predicted molar refractivity (Wildman–Crippen MR) is 93.9 cm³/mol. The summed E-state index contributed by atoms with van der Waals surface area (Å²) in [5.41, 5.74) is 3.20. The number of hydrogen-bond donors (Lipinski definition) is 0. The Balaban J connectivity index is 1.57. The molecule has 1 aromatic carbocycles. The third-order valence-corrected chi connectivity index (χ3v) is 4.84. The Morgan fingerprint density at radius 2 is 1.92 bits per heavy atom. The van der Waals surface area contributed by atoms with Gasteiger partial charge in [0.15, 0.2) is 5.16 Å². The van der Waals surface area contributed by atoms with Gasteiger partial charge in [-0.25, -0.2) is 4.98 Å². The van der Waals surface area contributed by atoms with Crippen LogP contribution >= 0.6 is 11.8 Å². The molecular weight excluding hydrogens is 320 g/mol. The molecule has 6 heteroatoms. The largest absolute Gasteiger partial charge is 0.419 e. The molecular formula is C18H16N4OS. The van der Waals surface area contributed by atoms with E-state index in [0.717, 1.165) is 16.2 Å². The molecule has 0 radical (unpaired) electrons. The fourth-order valence-corrected chi connectivity index (χ4v) is 3.33. The third kappa shape index (κ3) is 2.80. The summed E-state index contributed by atoms with van der Waals surface area (Å²) >= 11 is 1.60. The van der Waals surface area contributed by atoms with Crippen LogP contribution in [-0.2, 0) is 0 Å². The van der Waals surface area contributed by atoms with E-state index in [-0.39, 0.29) is 5.25 Å². The highest BCUT2D eigenvalue weighted by Crippen LogP contribution is 2.34. The minimum atomic E-state index is 0.0162. The highest BCUT2D eigenvalue weighted by molar-refractivity contribution is 7.99. The maximum Gasteiger partial charge on any atom is 0.247 e. The summed E-state index contributed by atoms with van der Waals surface area (Å²) < 4.78 is 7.91. The Bertz CT molecular complexity index is 974. The van der Waals surface area contributed by atoms with Crippen LogP contribution in [0.1, 0.15) is 23.6 Å². The fraction of sp³-hybridized carbons (Fsp3) is 0.167. The monoisotopic (exact) mass is 336 g/mol. The van der Waals surface area contributed by atoms with Gasteiger partial charge in [0, 0.05) is 11.8 Å². The zero-order valence-electron chi connectivity index (χ0n) is 13.4. The van der Waals surface area contributed by atoms with Crippen LogP contribution in [0.5, 0.6) is 0 Å². The van der Waals surface area contributed by atoms with E-state index >= 15 is 0 Å². The first-order chi connectivity index (χ1) is 11.7. The van der Waals surface area contributed by atoms with Crippen molar-refractivity contribution in [3.8, 4) is 11.5 Å². The van der Waals surface area contributed by atoms with E-state index in [0.29, 0.717) is 11.8 Å². The standard InChI is InChI=1S/C18H16N4OS/c1-12-6-8-14(9-7-12)17-21-20-16(23-17)13(2)24-18-19-11-15-5-3-4-10-22(15)18/h3-11,13H,1-2H3. The molecule has 24 heavy (non-hydrogen) atoms. The Morgan fingerprint density at radius 3 is 2.75 bits per heavy atom. The number of rotatable bonds is 4. The van der Waals surface area contributed by atoms with Gasteiger partial charge >= 0.3 is 0 Å². The Labute approximate surface area is 143 Å². The number of fused-ring (bicyclic) bond motifs is 1. The van der Waals surface area contributed by atoms with Crippen molar-refractivity contribution >= 4 is 17.3 Å². The zero-order chi connectivity index (χ0) is 16.5. The smallest absolute Gasteiger partial charge is 0.247 e. The Morgan fingerprint density at radius 1 is 1.08 bits per heavy atom. The van der Waals surface area contributed by atoms with Crippen molar-refractivity contribution in [2.75, 3.05) is 0 Å². The minimum Gasteiger partial charge on any atom is -0.419 e. The number of thioether (sulfide) groups is 1. The summed E-state index contributed by atoms with van der Waals surface area (Å²) in [6, 6.07) is 14.1. The second-order valence-electron chi connectivity index (χ2n) is 5.61. The number of pyridine rings is 1. The van der Waals surface area contributed by atoms with Crippen molar-refractivity contribution in [1.82, 2.24) is 19.6 Å². The van der Waals surface area contributed by atoms with Gasteiger partial charge in [0.2, 0.25) is 11.8 Å². The van der Waals surface area contributed by atoms with Gasteiger partial charge in [-0.1, -0.05) is 35.5 Å². The second-order valence-corrected chi connectivity index (χ2v) is 6.92. The summed E-state index contributed by atoms with van der Waals surface area (Å²) in [7, 11) is 0. The topological polar surface area (TPSA) is 56.2 Å². The van der Waals surface area contributed by atoms with Crippen LogP contribution in [0.3, 0.4) is 0 Å². The molecule has 0 N–H and O–H groups in total. The van der Waals surface area contributed by atoms with Crippen molar-refractivity contribution in [3.63, 3.8) is 0 Å². The van der Waals surface area contributed by atoms with E-state index in [1.807, 2.05) is 61.8 Å². The van der Waals surface area contributed by atoms with E-state index in [2.05, 4.69) is 26.5 Å². The predicted octanol–water partition coefficient (Wildman–Crippen LogP) is 4.55. The maximum atomic E-state index is 5.85. The van der Waals surface area contributed by atoms with Crippen molar-refractivity contribution in [2.24, 2.45) is 0 Å². The van der Waals surface area contributed by atoms with E-state index in [1.54, 1.807) is 11.8 Å². The first-order valence-electron chi connectivity index (χ1n) is 7.70. The number of imidazole rings is 1. The third-order valence-electron chi connectivity index (χ3n) is 3.77. The van der Waals surface area contributed by atoms with Crippen LogP contribution in [0.4, 0.5) is 0 Å². The Hall–Kier alpha value is -2.60. The number of hydrogen-bond acceptors (Lipinski definition) is 5. The second kappa shape index (κ2) is 6.13. The van der Waals surface area contributed by atoms with Crippen LogP contribution < -0.4 is 0 Å². The molecule has 0 amide bonds. The van der Waals surface area contributed by atoms with Crippen LogP contribution in [0, 0.1) is 6.92 Å². The molecule has 0 spiro atoms. The molecule has 4 rings (SSSR count). The molecule has 0 saturated heterocycles. The Kier molecular flexibility index (Phi) is 3.82. The first-order valence-corrected chi connectivity index (χ1v) is 8.58. The molecule has 0 bridgehead atoms. The molecule has 0 fully saturated rings. The number of aryl methyl sites for hydroxylation is 1. The van der Waals surface area contributed by atoms with Crippen LogP contribution in [0.2, 0.25) is 0 Å². The fourth-order valence-electron chi connectivity index (χ4n) is 2.43. The molecule has 120 valence electrons. The van der Waals surface area contributed by atoms with Gasteiger partial charge in [0.1, 0.15) is 0 Å². The molecule has 1 unspecified atom stereocenters. The van der Waals surface area contributed by atoms with E-state index < -0.39 is 0 Å². The van der Waals surface area contributed by atoms with Gasteiger partial charge in [0.25, 0.3) is 0 Å². The lowest BCUT2D eigenvalue weighted by molar-refractivity contribution is 0.509. The van der Waals surface area contributed by atoms with Crippen molar-refractivity contribution in [1.29, 1.82) is 0 Å². The van der Waals surface area contributed by atoms with Gasteiger partial charge in [-0.05, 0) is 38.1 Å². The lowest BCUT2D eigenvalue weighted by Crippen LogP contribution is -1.92. The maximum absolute atomic E-state index is 5.85. The molecule has 0 saturated carbocycles. The summed E-state index contributed by atoms with van der Waals surface area (Å²) in [5.74, 6) is 1.15. The summed E-state index contributed by atoms with van der Waals surface area (Å²) in [6.45, 7) is 4.09. The summed E-state index contributed by atoms with van der Waals surface area (Å²) in [6.07, 6.45) is 3.86. The van der Waals surface area contributed by atoms with Gasteiger partial charge < -0.3 is 4.42 Å². The highest BCUT2D eigenvalue weighted by Gasteiger charge is 2.18. The van der Waals surface area contributed by atoms with Gasteiger partial charge in [0.05, 0.1) is 17.0 Å². The first kappa shape index (κ1) is 15.0. The molecule has 5 nitrogen and oxygen atoms in total. The average molecular weight is 336 g/mol. The number of benzene rings is 1. The summed E-state index contributed by atoms with van der Waals surface area (Å²) in [4.78, 5) is 4.47.